The van der Waals surface area contributed by atoms with Crippen molar-refractivity contribution in [2.24, 2.45) is 0 Å². The van der Waals surface area contributed by atoms with Crippen molar-refractivity contribution in [2.45, 2.75) is 17.7 Å². The Morgan fingerprint density at radius 3 is 2.36 bits per heavy atom. The van der Waals surface area contributed by atoms with Crippen molar-refractivity contribution in [3.8, 4) is 5.75 Å². The van der Waals surface area contributed by atoms with Gasteiger partial charge in [-0.05, 0) is 45.8 Å². The van der Waals surface area contributed by atoms with Crippen LogP contribution in [0.1, 0.15) is 11.1 Å². The largest absolute Gasteiger partial charge is 0.442 e. The number of thioether (sulfide) groups is 1. The van der Waals surface area contributed by atoms with Crippen LogP contribution in [0.3, 0.4) is 0 Å². The standard InChI is InChI=1S/C15H12BrF4O3PS/c16-11-6-9(4-5-14(11)23-24(21,22)15(19)20)7-25-8-10-12(17)2-1-3-13(10)18/h1-6,15H,7-8H2,(H,21,22). The summed E-state index contributed by atoms with van der Waals surface area (Å²) in [7, 11) is -5.05. The van der Waals surface area contributed by atoms with Crippen LogP contribution < -0.4 is 4.52 Å². The Hall–Kier alpha value is -1.02. The van der Waals surface area contributed by atoms with Gasteiger partial charge in [0.05, 0.1) is 4.47 Å². The van der Waals surface area contributed by atoms with Gasteiger partial charge >= 0.3 is 13.8 Å². The van der Waals surface area contributed by atoms with E-state index in [1.54, 1.807) is 0 Å². The summed E-state index contributed by atoms with van der Waals surface area (Å²) in [5, 5.41) is 0. The number of halogens is 5. The van der Waals surface area contributed by atoms with E-state index in [1.807, 2.05) is 0 Å². The van der Waals surface area contributed by atoms with Gasteiger partial charge < -0.3 is 9.42 Å². The van der Waals surface area contributed by atoms with Crippen LogP contribution in [0, 0.1) is 11.6 Å². The van der Waals surface area contributed by atoms with Crippen molar-refractivity contribution in [1.29, 1.82) is 0 Å². The molecule has 136 valence electrons. The minimum Gasteiger partial charge on any atom is -0.420 e. The molecule has 1 unspecified atom stereocenters. The Kier molecular flexibility index (Phi) is 6.96. The second kappa shape index (κ2) is 8.58. The van der Waals surface area contributed by atoms with Crippen LogP contribution in [-0.4, -0.2) is 11.1 Å². The maximum Gasteiger partial charge on any atom is 0.442 e. The summed E-state index contributed by atoms with van der Waals surface area (Å²) >= 11 is 4.33. The summed E-state index contributed by atoms with van der Waals surface area (Å²) in [6.07, 6.45) is -3.51. The monoisotopic (exact) mass is 458 g/mol. The minimum atomic E-state index is -5.05. The van der Waals surface area contributed by atoms with Crippen LogP contribution in [0.2, 0.25) is 0 Å². The Morgan fingerprint density at radius 2 is 1.80 bits per heavy atom. The molecule has 0 saturated heterocycles. The summed E-state index contributed by atoms with van der Waals surface area (Å²) in [6, 6.07) is 7.94. The van der Waals surface area contributed by atoms with E-state index in [1.165, 1.54) is 48.2 Å². The lowest BCUT2D eigenvalue weighted by molar-refractivity contribution is 0.188. The number of hydrogen-bond donors (Lipinski definition) is 1. The highest BCUT2D eigenvalue weighted by atomic mass is 79.9. The maximum absolute atomic E-state index is 13.5. The number of alkyl halides is 2. The molecule has 2 aromatic carbocycles. The van der Waals surface area contributed by atoms with Crippen molar-refractivity contribution in [2.75, 3.05) is 0 Å². The lowest BCUT2D eigenvalue weighted by Crippen LogP contribution is -2.01. The van der Waals surface area contributed by atoms with Gasteiger partial charge in [0.15, 0.2) is 0 Å². The highest BCUT2D eigenvalue weighted by molar-refractivity contribution is 9.10. The van der Waals surface area contributed by atoms with E-state index in [2.05, 4.69) is 20.5 Å². The summed E-state index contributed by atoms with van der Waals surface area (Å²) < 4.78 is 67.7. The highest BCUT2D eigenvalue weighted by Crippen LogP contribution is 2.50. The zero-order valence-electron chi connectivity index (χ0n) is 12.5. The van der Waals surface area contributed by atoms with Crippen LogP contribution in [0.25, 0.3) is 0 Å². The molecule has 0 aromatic heterocycles. The minimum absolute atomic E-state index is 0.0235. The Labute approximate surface area is 154 Å². The first kappa shape index (κ1) is 20.3. The molecule has 0 amide bonds. The molecule has 2 aromatic rings. The number of rotatable bonds is 7. The van der Waals surface area contributed by atoms with Gasteiger partial charge in [0.1, 0.15) is 17.4 Å². The molecule has 2 rings (SSSR count). The number of benzene rings is 2. The molecule has 0 heterocycles. The molecule has 0 radical (unpaired) electrons. The molecule has 10 heteroatoms. The second-order valence-electron chi connectivity index (χ2n) is 4.89. The molecule has 25 heavy (non-hydrogen) atoms. The zero-order chi connectivity index (χ0) is 18.6. The first-order valence-corrected chi connectivity index (χ1v) is 10.4. The summed E-state index contributed by atoms with van der Waals surface area (Å²) in [6.45, 7) is 0. The predicted octanol–water partition coefficient (Wildman–Crippen LogP) is 5.95. The lowest BCUT2D eigenvalue weighted by Gasteiger charge is -2.14. The predicted molar refractivity (Wildman–Crippen MR) is 92.0 cm³/mol. The Balaban J connectivity index is 2.00. The van der Waals surface area contributed by atoms with Crippen molar-refractivity contribution in [1.82, 2.24) is 0 Å². The molecule has 0 bridgehead atoms. The summed E-state index contributed by atoms with van der Waals surface area (Å²) in [5.41, 5.74) is 0.690. The van der Waals surface area contributed by atoms with Crippen LogP contribution in [-0.2, 0) is 16.1 Å². The Bertz CT molecular complexity index is 786. The van der Waals surface area contributed by atoms with E-state index in [-0.39, 0.29) is 21.5 Å². The molecule has 0 spiro atoms. The fourth-order valence-electron chi connectivity index (χ4n) is 1.83. The van der Waals surface area contributed by atoms with Crippen molar-refractivity contribution >= 4 is 35.3 Å². The van der Waals surface area contributed by atoms with Crippen molar-refractivity contribution in [3.05, 3.63) is 63.6 Å². The number of hydrogen-bond acceptors (Lipinski definition) is 3. The summed E-state index contributed by atoms with van der Waals surface area (Å²) in [4.78, 5) is 9.05. The smallest absolute Gasteiger partial charge is 0.420 e. The van der Waals surface area contributed by atoms with Crippen LogP contribution in [0.5, 0.6) is 5.75 Å². The molecule has 3 nitrogen and oxygen atoms in total. The van der Waals surface area contributed by atoms with E-state index in [4.69, 9.17) is 4.89 Å². The topological polar surface area (TPSA) is 46.5 Å². The van der Waals surface area contributed by atoms with Crippen LogP contribution >= 0.6 is 35.3 Å². The molecule has 1 atom stereocenters. The first-order chi connectivity index (χ1) is 11.7. The first-order valence-electron chi connectivity index (χ1n) is 6.80. The molecular weight excluding hydrogens is 447 g/mol. The SMILES string of the molecule is O=P(O)(Oc1ccc(CSCc2c(F)cccc2F)cc1Br)C(F)F. The molecule has 0 aliphatic carbocycles. The third-order valence-electron chi connectivity index (χ3n) is 3.05. The van der Waals surface area contributed by atoms with E-state index in [0.29, 0.717) is 11.3 Å². The van der Waals surface area contributed by atoms with E-state index >= 15 is 0 Å². The van der Waals surface area contributed by atoms with Gasteiger partial charge in [-0.3, -0.25) is 0 Å². The van der Waals surface area contributed by atoms with Crippen molar-refractivity contribution in [3.63, 3.8) is 0 Å². The molecule has 0 aliphatic rings. The van der Waals surface area contributed by atoms with E-state index < -0.39 is 25.4 Å². The van der Waals surface area contributed by atoms with Crippen LogP contribution in [0.4, 0.5) is 17.6 Å². The molecule has 0 fully saturated rings. The van der Waals surface area contributed by atoms with Gasteiger partial charge in [-0.2, -0.15) is 20.5 Å². The van der Waals surface area contributed by atoms with E-state index in [0.717, 1.165) is 0 Å². The van der Waals surface area contributed by atoms with Gasteiger partial charge in [0.2, 0.25) is 0 Å². The second-order valence-corrected chi connectivity index (χ2v) is 8.43. The fourth-order valence-corrected chi connectivity index (χ4v) is 3.98. The van der Waals surface area contributed by atoms with Crippen LogP contribution in [0.15, 0.2) is 40.9 Å². The zero-order valence-corrected chi connectivity index (χ0v) is 15.8. The third kappa shape index (κ3) is 5.48. The molecular formula is C15H12BrF4O3PS. The normalized spacial score (nSPS) is 13.7. The van der Waals surface area contributed by atoms with Gasteiger partial charge in [-0.15, -0.1) is 0 Å². The molecule has 1 N–H and O–H groups in total. The van der Waals surface area contributed by atoms with Crippen molar-refractivity contribution < 1.29 is 31.5 Å². The molecule has 0 saturated carbocycles. The van der Waals surface area contributed by atoms with Gasteiger partial charge in [0.25, 0.3) is 0 Å². The quantitative estimate of drug-likeness (QED) is 0.411. The van der Waals surface area contributed by atoms with Gasteiger partial charge in [0, 0.05) is 17.1 Å². The average Bonchev–Trinajstić information content (AvgIpc) is 2.52. The molecule has 0 aliphatic heterocycles. The maximum atomic E-state index is 13.5. The average molecular weight is 459 g/mol. The van der Waals surface area contributed by atoms with Gasteiger partial charge in [-0.1, -0.05) is 12.1 Å². The third-order valence-corrected chi connectivity index (χ3v) is 5.65. The summed E-state index contributed by atoms with van der Waals surface area (Å²) in [5.74, 6) is -0.935. The Morgan fingerprint density at radius 1 is 1.16 bits per heavy atom. The fraction of sp³-hybridized carbons (Fsp3) is 0.200. The lowest BCUT2D eigenvalue weighted by atomic mass is 10.2. The van der Waals surface area contributed by atoms with Gasteiger partial charge in [-0.25, -0.2) is 13.3 Å². The highest BCUT2D eigenvalue weighted by Gasteiger charge is 2.34. The van der Waals surface area contributed by atoms with E-state index in [9.17, 15) is 22.1 Å².